The highest BCUT2D eigenvalue weighted by atomic mass is 16.5. The molecule has 0 radical (unpaired) electrons. The van der Waals surface area contributed by atoms with E-state index in [2.05, 4.69) is 10.1 Å². The highest BCUT2D eigenvalue weighted by molar-refractivity contribution is 5.90. The molecule has 2 amide bonds. The lowest BCUT2D eigenvalue weighted by Crippen LogP contribution is -2.56. The molecule has 2 aliphatic rings. The maximum Gasteiger partial charge on any atom is 0.407 e. The average molecular weight is 328 g/mol. The van der Waals surface area contributed by atoms with Crippen LogP contribution in [0.2, 0.25) is 0 Å². The number of likely N-dealkylation sites (tertiary alicyclic amines) is 1. The maximum absolute atomic E-state index is 13.0. The van der Waals surface area contributed by atoms with Crippen LogP contribution >= 0.6 is 0 Å². The Balaban J connectivity index is 2.20. The molecule has 3 atom stereocenters. The van der Waals surface area contributed by atoms with Crippen LogP contribution in [-0.2, 0) is 19.1 Å². The van der Waals surface area contributed by atoms with Gasteiger partial charge in [0.15, 0.2) is 0 Å². The number of rotatable bonds is 4. The third kappa shape index (κ3) is 3.93. The molecule has 23 heavy (non-hydrogen) atoms. The average Bonchev–Trinajstić information content (AvgIpc) is 2.94. The van der Waals surface area contributed by atoms with Gasteiger partial charge < -0.3 is 24.8 Å². The fourth-order valence-corrected chi connectivity index (χ4v) is 3.37. The predicted octanol–water partition coefficient (Wildman–Crippen LogP) is 0.602. The van der Waals surface area contributed by atoms with E-state index in [1.165, 1.54) is 12.0 Å². The van der Waals surface area contributed by atoms with Crippen molar-refractivity contribution in [2.24, 2.45) is 5.92 Å². The van der Waals surface area contributed by atoms with E-state index in [1.54, 1.807) is 0 Å². The van der Waals surface area contributed by atoms with Gasteiger partial charge in [-0.15, -0.1) is 0 Å². The van der Waals surface area contributed by atoms with E-state index in [1.807, 2.05) is 6.92 Å². The third-order valence-corrected chi connectivity index (χ3v) is 4.67. The SMILES string of the molecule is COC(=O)NC(C(=O)N1[C@@H](C)CC[C@H]1C(=O)O)C1CCOCC1. The summed E-state index contributed by atoms with van der Waals surface area (Å²) in [5.74, 6) is -1.44. The molecule has 2 fully saturated rings. The quantitative estimate of drug-likeness (QED) is 0.783. The summed E-state index contributed by atoms with van der Waals surface area (Å²) in [4.78, 5) is 37.4. The predicted molar refractivity (Wildman–Crippen MR) is 79.8 cm³/mol. The second-order valence-electron chi connectivity index (χ2n) is 6.09. The molecule has 2 heterocycles. The zero-order valence-electron chi connectivity index (χ0n) is 13.5. The number of amides is 2. The van der Waals surface area contributed by atoms with Crippen LogP contribution in [0.4, 0.5) is 4.79 Å². The van der Waals surface area contributed by atoms with Crippen molar-refractivity contribution >= 4 is 18.0 Å². The minimum absolute atomic E-state index is 0.0856. The summed E-state index contributed by atoms with van der Waals surface area (Å²) in [6, 6.07) is -1.78. The fourth-order valence-electron chi connectivity index (χ4n) is 3.37. The van der Waals surface area contributed by atoms with Crippen LogP contribution in [0.3, 0.4) is 0 Å². The van der Waals surface area contributed by atoms with Crippen molar-refractivity contribution in [2.45, 2.75) is 50.7 Å². The highest BCUT2D eigenvalue weighted by Crippen LogP contribution is 2.28. The Hall–Kier alpha value is -1.83. The molecule has 130 valence electrons. The molecule has 1 unspecified atom stereocenters. The summed E-state index contributed by atoms with van der Waals surface area (Å²) < 4.78 is 9.92. The van der Waals surface area contributed by atoms with E-state index < -0.39 is 24.1 Å². The van der Waals surface area contributed by atoms with Gasteiger partial charge in [-0.05, 0) is 38.5 Å². The van der Waals surface area contributed by atoms with Crippen LogP contribution in [0, 0.1) is 5.92 Å². The number of alkyl carbamates (subject to hydrolysis) is 1. The van der Waals surface area contributed by atoms with E-state index >= 15 is 0 Å². The van der Waals surface area contributed by atoms with Crippen molar-refractivity contribution in [3.8, 4) is 0 Å². The van der Waals surface area contributed by atoms with Gasteiger partial charge in [0.2, 0.25) is 5.91 Å². The van der Waals surface area contributed by atoms with Gasteiger partial charge in [-0.2, -0.15) is 0 Å². The number of carbonyl (C=O) groups excluding carboxylic acids is 2. The number of nitrogens with one attached hydrogen (secondary N) is 1. The zero-order chi connectivity index (χ0) is 17.0. The smallest absolute Gasteiger partial charge is 0.407 e. The molecule has 0 bridgehead atoms. The van der Waals surface area contributed by atoms with Crippen LogP contribution in [0.5, 0.6) is 0 Å². The first-order valence-electron chi connectivity index (χ1n) is 7.93. The van der Waals surface area contributed by atoms with Crippen molar-refractivity contribution in [1.82, 2.24) is 10.2 Å². The summed E-state index contributed by atoms with van der Waals surface area (Å²) in [6.07, 6.45) is 1.66. The third-order valence-electron chi connectivity index (χ3n) is 4.67. The molecule has 2 saturated heterocycles. The second kappa shape index (κ2) is 7.63. The van der Waals surface area contributed by atoms with Crippen LogP contribution in [-0.4, -0.2) is 66.4 Å². The molecule has 8 heteroatoms. The van der Waals surface area contributed by atoms with E-state index in [-0.39, 0.29) is 17.9 Å². The van der Waals surface area contributed by atoms with Crippen LogP contribution in [0.1, 0.15) is 32.6 Å². The molecule has 0 saturated carbocycles. The molecule has 0 aromatic carbocycles. The number of aliphatic carboxylic acids is 1. The zero-order valence-corrected chi connectivity index (χ0v) is 13.5. The minimum atomic E-state index is -1.01. The van der Waals surface area contributed by atoms with E-state index in [9.17, 15) is 19.5 Å². The standard InChI is InChI=1S/C15H24N2O6/c1-9-3-4-11(14(19)20)17(9)13(18)12(16-15(21)22-2)10-5-7-23-8-6-10/h9-12H,3-8H2,1-2H3,(H,16,21)(H,19,20)/t9-,11-,12?/m0/s1. The number of carbonyl (C=O) groups is 3. The normalized spacial score (nSPS) is 26.6. The van der Waals surface area contributed by atoms with Gasteiger partial charge >= 0.3 is 12.1 Å². The Bertz CT molecular complexity index is 463. The minimum Gasteiger partial charge on any atom is -0.480 e. The molecular formula is C15H24N2O6. The van der Waals surface area contributed by atoms with Crippen LogP contribution < -0.4 is 5.32 Å². The Morgan fingerprint density at radius 3 is 2.43 bits per heavy atom. The molecule has 0 aromatic heterocycles. The molecule has 0 aliphatic carbocycles. The number of hydrogen-bond acceptors (Lipinski definition) is 5. The van der Waals surface area contributed by atoms with Crippen molar-refractivity contribution in [1.29, 1.82) is 0 Å². The summed E-state index contributed by atoms with van der Waals surface area (Å²) >= 11 is 0. The van der Waals surface area contributed by atoms with Gasteiger partial charge in [0.25, 0.3) is 0 Å². The molecule has 2 N–H and O–H groups in total. The summed E-state index contributed by atoms with van der Waals surface area (Å²) in [5.41, 5.74) is 0. The lowest BCUT2D eigenvalue weighted by Gasteiger charge is -2.35. The highest BCUT2D eigenvalue weighted by Gasteiger charge is 2.43. The topological polar surface area (TPSA) is 105 Å². The molecular weight excluding hydrogens is 304 g/mol. The molecule has 0 aromatic rings. The first-order chi connectivity index (χ1) is 11.0. The first-order valence-corrected chi connectivity index (χ1v) is 7.93. The Morgan fingerprint density at radius 1 is 1.22 bits per heavy atom. The molecule has 0 spiro atoms. The molecule has 8 nitrogen and oxygen atoms in total. The van der Waals surface area contributed by atoms with Crippen molar-refractivity contribution < 1.29 is 29.0 Å². The van der Waals surface area contributed by atoms with Crippen molar-refractivity contribution in [2.75, 3.05) is 20.3 Å². The molecule has 2 aliphatic heterocycles. The summed E-state index contributed by atoms with van der Waals surface area (Å²) in [7, 11) is 1.24. The number of carboxylic acid groups (broad SMARTS) is 1. The number of hydrogen-bond donors (Lipinski definition) is 2. The van der Waals surface area contributed by atoms with E-state index in [0.29, 0.717) is 38.9 Å². The Labute approximate surface area is 135 Å². The van der Waals surface area contributed by atoms with Crippen molar-refractivity contribution in [3.63, 3.8) is 0 Å². The van der Waals surface area contributed by atoms with Gasteiger partial charge in [0.05, 0.1) is 7.11 Å². The van der Waals surface area contributed by atoms with Crippen LogP contribution in [0.15, 0.2) is 0 Å². The fraction of sp³-hybridized carbons (Fsp3) is 0.800. The number of carboxylic acids is 1. The Morgan fingerprint density at radius 2 is 1.87 bits per heavy atom. The maximum atomic E-state index is 13.0. The van der Waals surface area contributed by atoms with Gasteiger partial charge in [0, 0.05) is 19.3 Å². The number of methoxy groups -OCH3 is 1. The number of nitrogens with zero attached hydrogens (tertiary/aromatic N) is 1. The van der Waals surface area contributed by atoms with Gasteiger partial charge in [-0.1, -0.05) is 0 Å². The van der Waals surface area contributed by atoms with E-state index in [0.717, 1.165) is 0 Å². The summed E-state index contributed by atoms with van der Waals surface area (Å²) in [6.45, 7) is 2.88. The first kappa shape index (κ1) is 17.5. The van der Waals surface area contributed by atoms with Gasteiger partial charge in [0.1, 0.15) is 12.1 Å². The van der Waals surface area contributed by atoms with Gasteiger partial charge in [-0.25, -0.2) is 9.59 Å². The lowest BCUT2D eigenvalue weighted by atomic mass is 9.90. The lowest BCUT2D eigenvalue weighted by molar-refractivity contribution is -0.151. The van der Waals surface area contributed by atoms with Crippen molar-refractivity contribution in [3.05, 3.63) is 0 Å². The Kier molecular flexibility index (Phi) is 5.81. The number of ether oxygens (including phenoxy) is 2. The van der Waals surface area contributed by atoms with Crippen LogP contribution in [0.25, 0.3) is 0 Å². The second-order valence-corrected chi connectivity index (χ2v) is 6.09. The van der Waals surface area contributed by atoms with E-state index in [4.69, 9.17) is 4.74 Å². The molecule has 2 rings (SSSR count). The summed E-state index contributed by atoms with van der Waals surface area (Å²) in [5, 5.41) is 11.9. The monoisotopic (exact) mass is 328 g/mol. The van der Waals surface area contributed by atoms with Gasteiger partial charge in [-0.3, -0.25) is 4.79 Å². The largest absolute Gasteiger partial charge is 0.480 e.